The number of benzene rings is 3. The minimum atomic E-state index is -0.0730. The topological polar surface area (TPSA) is 67.2 Å². The molecule has 0 unspecified atom stereocenters. The number of likely N-dealkylation sites (tertiary alicyclic amines) is 1. The van der Waals surface area contributed by atoms with Crippen LogP contribution in [0.25, 0.3) is 16.7 Å². The highest BCUT2D eigenvalue weighted by Crippen LogP contribution is 2.22. The molecule has 1 aromatic heterocycles. The van der Waals surface area contributed by atoms with Crippen molar-refractivity contribution in [1.82, 2.24) is 14.5 Å². The van der Waals surface area contributed by atoms with Crippen LogP contribution in [-0.2, 0) is 4.79 Å². The van der Waals surface area contributed by atoms with Crippen LogP contribution in [0.4, 0.5) is 5.69 Å². The normalized spacial score (nSPS) is 14.4. The van der Waals surface area contributed by atoms with Crippen molar-refractivity contribution >= 4 is 28.5 Å². The van der Waals surface area contributed by atoms with E-state index < -0.39 is 0 Å². The molecule has 5 rings (SSSR count). The lowest BCUT2D eigenvalue weighted by Crippen LogP contribution is -2.41. The molecule has 0 saturated carbocycles. The zero-order valence-electron chi connectivity index (χ0n) is 17.6. The van der Waals surface area contributed by atoms with Gasteiger partial charge in [0.05, 0.1) is 11.0 Å². The van der Waals surface area contributed by atoms with Crippen molar-refractivity contribution in [2.75, 3.05) is 18.4 Å². The van der Waals surface area contributed by atoms with E-state index in [2.05, 4.69) is 10.3 Å². The summed E-state index contributed by atoms with van der Waals surface area (Å²) in [6, 6.07) is 25.1. The summed E-state index contributed by atoms with van der Waals surface area (Å²) in [5.41, 5.74) is 4.40. The number of rotatable bonds is 4. The standard InChI is InChI=1S/C26H24N4O2/c31-25(28-21-6-2-1-3-7-21)19-14-16-29(17-15-19)26(32)20-10-12-22(13-11-20)30-18-27-23-8-4-5-9-24(23)30/h1-13,18-19H,14-17H2,(H,28,31). The maximum Gasteiger partial charge on any atom is 0.253 e. The van der Waals surface area contributed by atoms with Crippen molar-refractivity contribution in [3.05, 3.63) is 90.8 Å². The summed E-state index contributed by atoms with van der Waals surface area (Å²) in [6.07, 6.45) is 3.14. The number of imidazole rings is 1. The molecule has 1 saturated heterocycles. The minimum absolute atomic E-state index is 0.00829. The second-order valence-electron chi connectivity index (χ2n) is 8.07. The van der Waals surface area contributed by atoms with Gasteiger partial charge in [-0.3, -0.25) is 14.2 Å². The first kappa shape index (κ1) is 20.0. The quantitative estimate of drug-likeness (QED) is 0.524. The summed E-state index contributed by atoms with van der Waals surface area (Å²) in [6.45, 7) is 1.17. The predicted molar refractivity (Wildman–Crippen MR) is 125 cm³/mol. The van der Waals surface area contributed by atoms with Crippen LogP contribution in [0.5, 0.6) is 0 Å². The molecule has 0 aliphatic carbocycles. The molecule has 2 amide bonds. The number of anilines is 1. The molecule has 1 fully saturated rings. The van der Waals surface area contributed by atoms with Gasteiger partial charge in [0, 0.05) is 35.9 Å². The van der Waals surface area contributed by atoms with Crippen LogP contribution < -0.4 is 5.32 Å². The molecule has 6 nitrogen and oxygen atoms in total. The molecule has 4 aromatic rings. The molecule has 1 N–H and O–H groups in total. The highest BCUT2D eigenvalue weighted by Gasteiger charge is 2.28. The monoisotopic (exact) mass is 424 g/mol. The Bertz CT molecular complexity index is 1240. The second-order valence-corrected chi connectivity index (χ2v) is 8.07. The number of fused-ring (bicyclic) bond motifs is 1. The molecule has 160 valence electrons. The molecule has 1 aliphatic heterocycles. The number of piperidine rings is 1. The third-order valence-electron chi connectivity index (χ3n) is 6.04. The molecule has 0 bridgehead atoms. The van der Waals surface area contributed by atoms with E-state index in [4.69, 9.17) is 0 Å². The third kappa shape index (κ3) is 3.99. The van der Waals surface area contributed by atoms with Gasteiger partial charge < -0.3 is 10.2 Å². The van der Waals surface area contributed by atoms with Crippen LogP contribution in [0.15, 0.2) is 85.2 Å². The fraction of sp³-hybridized carbons (Fsp3) is 0.192. The number of aromatic nitrogens is 2. The molecule has 0 spiro atoms. The van der Waals surface area contributed by atoms with Gasteiger partial charge in [-0.1, -0.05) is 30.3 Å². The summed E-state index contributed by atoms with van der Waals surface area (Å²) >= 11 is 0. The van der Waals surface area contributed by atoms with E-state index in [1.54, 1.807) is 6.33 Å². The van der Waals surface area contributed by atoms with Crippen LogP contribution in [0.1, 0.15) is 23.2 Å². The molecule has 0 atom stereocenters. The van der Waals surface area contributed by atoms with Gasteiger partial charge in [-0.2, -0.15) is 0 Å². The van der Waals surface area contributed by atoms with Gasteiger partial charge in [0.1, 0.15) is 6.33 Å². The van der Waals surface area contributed by atoms with Crippen LogP contribution in [0, 0.1) is 5.92 Å². The van der Waals surface area contributed by atoms with E-state index in [0.717, 1.165) is 22.4 Å². The summed E-state index contributed by atoms with van der Waals surface area (Å²) in [7, 11) is 0. The van der Waals surface area contributed by atoms with Crippen LogP contribution in [0.3, 0.4) is 0 Å². The Labute approximate surface area is 186 Å². The first-order valence-corrected chi connectivity index (χ1v) is 10.9. The number of amides is 2. The first-order chi connectivity index (χ1) is 15.7. The number of hydrogen-bond acceptors (Lipinski definition) is 3. The highest BCUT2D eigenvalue weighted by atomic mass is 16.2. The Balaban J connectivity index is 1.21. The second kappa shape index (κ2) is 8.67. The molecule has 2 heterocycles. The average molecular weight is 425 g/mol. The molecular weight excluding hydrogens is 400 g/mol. The number of nitrogens with one attached hydrogen (secondary N) is 1. The van der Waals surface area contributed by atoms with E-state index in [9.17, 15) is 9.59 Å². The fourth-order valence-corrected chi connectivity index (χ4v) is 4.22. The lowest BCUT2D eigenvalue weighted by molar-refractivity contribution is -0.121. The van der Waals surface area contributed by atoms with E-state index >= 15 is 0 Å². The van der Waals surface area contributed by atoms with Crippen molar-refractivity contribution in [2.45, 2.75) is 12.8 Å². The summed E-state index contributed by atoms with van der Waals surface area (Å²) in [5.74, 6) is -0.0367. The Morgan fingerprint density at radius 1 is 0.844 bits per heavy atom. The van der Waals surface area contributed by atoms with E-state index in [0.29, 0.717) is 31.5 Å². The third-order valence-corrected chi connectivity index (χ3v) is 6.04. The smallest absolute Gasteiger partial charge is 0.253 e. The number of hydrogen-bond donors (Lipinski definition) is 1. The van der Waals surface area contributed by atoms with Gasteiger partial charge in [-0.15, -0.1) is 0 Å². The Hall–Kier alpha value is -3.93. The predicted octanol–water partition coefficient (Wildman–Crippen LogP) is 4.52. The maximum absolute atomic E-state index is 13.0. The van der Waals surface area contributed by atoms with Crippen molar-refractivity contribution < 1.29 is 9.59 Å². The SMILES string of the molecule is O=C(Nc1ccccc1)C1CCN(C(=O)c2ccc(-n3cnc4ccccc43)cc2)CC1. The Morgan fingerprint density at radius 2 is 1.53 bits per heavy atom. The zero-order valence-corrected chi connectivity index (χ0v) is 17.6. The van der Waals surface area contributed by atoms with Crippen molar-refractivity contribution in [2.24, 2.45) is 5.92 Å². The van der Waals surface area contributed by atoms with E-state index in [1.807, 2.05) is 88.3 Å². The fourth-order valence-electron chi connectivity index (χ4n) is 4.22. The van der Waals surface area contributed by atoms with E-state index in [1.165, 1.54) is 0 Å². The van der Waals surface area contributed by atoms with Crippen molar-refractivity contribution in [3.8, 4) is 5.69 Å². The molecular formula is C26H24N4O2. The molecule has 3 aromatic carbocycles. The van der Waals surface area contributed by atoms with Gasteiger partial charge in [-0.25, -0.2) is 4.98 Å². The van der Waals surface area contributed by atoms with Crippen LogP contribution in [0.2, 0.25) is 0 Å². The van der Waals surface area contributed by atoms with Gasteiger partial charge in [0.25, 0.3) is 5.91 Å². The Kier molecular flexibility index (Phi) is 5.42. The largest absolute Gasteiger partial charge is 0.339 e. The van der Waals surface area contributed by atoms with Gasteiger partial charge in [0.15, 0.2) is 0 Å². The average Bonchev–Trinajstić information content (AvgIpc) is 3.29. The molecule has 0 radical (unpaired) electrons. The minimum Gasteiger partial charge on any atom is -0.339 e. The van der Waals surface area contributed by atoms with Crippen LogP contribution in [-0.4, -0.2) is 39.4 Å². The first-order valence-electron chi connectivity index (χ1n) is 10.9. The number of para-hydroxylation sites is 3. The van der Waals surface area contributed by atoms with Crippen molar-refractivity contribution in [3.63, 3.8) is 0 Å². The molecule has 6 heteroatoms. The zero-order chi connectivity index (χ0) is 21.9. The van der Waals surface area contributed by atoms with Crippen molar-refractivity contribution in [1.29, 1.82) is 0 Å². The van der Waals surface area contributed by atoms with Gasteiger partial charge in [0.2, 0.25) is 5.91 Å². The molecule has 32 heavy (non-hydrogen) atoms. The van der Waals surface area contributed by atoms with Gasteiger partial charge >= 0.3 is 0 Å². The van der Waals surface area contributed by atoms with E-state index in [-0.39, 0.29) is 17.7 Å². The molecule has 1 aliphatic rings. The Morgan fingerprint density at radius 3 is 2.28 bits per heavy atom. The lowest BCUT2D eigenvalue weighted by atomic mass is 9.95. The summed E-state index contributed by atoms with van der Waals surface area (Å²) < 4.78 is 2.01. The number of nitrogens with zero attached hydrogens (tertiary/aromatic N) is 3. The number of carbonyl (C=O) groups excluding carboxylic acids is 2. The summed E-state index contributed by atoms with van der Waals surface area (Å²) in [5, 5.41) is 2.97. The van der Waals surface area contributed by atoms with Crippen LogP contribution >= 0.6 is 0 Å². The number of carbonyl (C=O) groups is 2. The van der Waals surface area contributed by atoms with Gasteiger partial charge in [-0.05, 0) is 61.4 Å². The summed E-state index contributed by atoms with van der Waals surface area (Å²) in [4.78, 5) is 31.8. The maximum atomic E-state index is 13.0. The highest BCUT2D eigenvalue weighted by molar-refractivity contribution is 5.95. The lowest BCUT2D eigenvalue weighted by Gasteiger charge is -2.31.